The number of alkyl halides is 3. The van der Waals surface area contributed by atoms with Crippen LogP contribution in [0.5, 0.6) is 0 Å². The average Bonchev–Trinajstić information content (AvgIpc) is 3.40. The molecule has 0 saturated heterocycles. The molecule has 1 atom stereocenters. The number of hydrogen-bond acceptors (Lipinski definition) is 7. The molecule has 0 radical (unpaired) electrons. The summed E-state index contributed by atoms with van der Waals surface area (Å²) in [5.41, 5.74) is 2.06. The Balaban J connectivity index is 1.85. The molecule has 0 aromatic heterocycles. The highest BCUT2D eigenvalue weighted by Gasteiger charge is 2.36. The number of halogens is 3. The van der Waals surface area contributed by atoms with E-state index in [-0.39, 0.29) is 17.9 Å². The summed E-state index contributed by atoms with van der Waals surface area (Å²) in [5, 5.41) is 9.60. The van der Waals surface area contributed by atoms with E-state index in [2.05, 4.69) is 11.1 Å². The predicted molar refractivity (Wildman–Crippen MR) is 138 cm³/mol. The van der Waals surface area contributed by atoms with Gasteiger partial charge in [-0.15, -0.1) is 0 Å². The van der Waals surface area contributed by atoms with E-state index in [1.165, 1.54) is 17.8 Å². The Labute approximate surface area is 216 Å². The number of nitrogens with zero attached hydrogens (tertiary/aromatic N) is 4. The lowest BCUT2D eigenvalue weighted by molar-refractivity contribution is -0.139. The quantitative estimate of drug-likeness (QED) is 0.408. The van der Waals surface area contributed by atoms with Gasteiger partial charge >= 0.3 is 12.1 Å². The van der Waals surface area contributed by atoms with Gasteiger partial charge in [0.1, 0.15) is 6.04 Å². The van der Waals surface area contributed by atoms with E-state index < -0.39 is 23.8 Å². The van der Waals surface area contributed by atoms with Gasteiger partial charge in [-0.05, 0) is 49.7 Å². The van der Waals surface area contributed by atoms with Crippen LogP contribution in [0, 0.1) is 11.3 Å². The molecular formula is C27H23F3N4O2S. The number of benzene rings is 2. The fourth-order valence-electron chi connectivity index (χ4n) is 4.01. The molecule has 0 spiro atoms. The summed E-state index contributed by atoms with van der Waals surface area (Å²) in [7, 11) is 0. The molecule has 1 unspecified atom stereocenters. The summed E-state index contributed by atoms with van der Waals surface area (Å²) in [4.78, 5) is 23.9. The zero-order valence-electron chi connectivity index (χ0n) is 20.1. The average molecular weight is 525 g/mol. The number of allylic oxidation sites excluding steroid dienone is 2. The number of aliphatic imine (C=N–C) groups is 2. The highest BCUT2D eigenvalue weighted by Crippen LogP contribution is 2.41. The van der Waals surface area contributed by atoms with Crippen molar-refractivity contribution in [2.75, 3.05) is 17.3 Å². The first-order chi connectivity index (χ1) is 17.7. The van der Waals surface area contributed by atoms with Crippen molar-refractivity contribution in [2.24, 2.45) is 9.98 Å². The minimum atomic E-state index is -4.53. The van der Waals surface area contributed by atoms with Crippen LogP contribution in [-0.2, 0) is 15.7 Å². The van der Waals surface area contributed by atoms with E-state index in [9.17, 15) is 23.2 Å². The number of carbonyl (C=O) groups is 1. The number of anilines is 1. The van der Waals surface area contributed by atoms with Crippen molar-refractivity contribution in [3.8, 4) is 6.07 Å². The molecule has 0 bridgehead atoms. The van der Waals surface area contributed by atoms with Crippen molar-refractivity contribution in [1.29, 1.82) is 5.26 Å². The van der Waals surface area contributed by atoms with E-state index in [1.807, 2.05) is 6.08 Å². The molecule has 0 saturated carbocycles. The third-order valence-electron chi connectivity index (χ3n) is 5.80. The highest BCUT2D eigenvalue weighted by molar-refractivity contribution is 8.14. The number of hydrogen-bond donors (Lipinski definition) is 0. The van der Waals surface area contributed by atoms with Crippen molar-refractivity contribution in [3.05, 3.63) is 88.8 Å². The summed E-state index contributed by atoms with van der Waals surface area (Å²) >= 11 is 1.33. The Kier molecular flexibility index (Phi) is 7.83. The van der Waals surface area contributed by atoms with E-state index in [0.29, 0.717) is 34.2 Å². The van der Waals surface area contributed by atoms with Crippen LogP contribution >= 0.6 is 11.8 Å². The lowest BCUT2D eigenvalue weighted by Crippen LogP contribution is -2.36. The smallest absolute Gasteiger partial charge is 0.416 e. The van der Waals surface area contributed by atoms with Crippen LogP contribution in [0.25, 0.3) is 0 Å². The molecule has 0 fully saturated rings. The summed E-state index contributed by atoms with van der Waals surface area (Å²) in [5.74, 6) is -0.132. The summed E-state index contributed by atoms with van der Waals surface area (Å²) in [6.45, 7) is 3.48. The maximum absolute atomic E-state index is 13.5. The Morgan fingerprint density at radius 2 is 2.00 bits per heavy atom. The maximum atomic E-state index is 13.5. The Hall–Kier alpha value is -3.84. The first-order valence-electron chi connectivity index (χ1n) is 11.5. The SMILES string of the molecule is CCOC(=O)C1=C(C)N(c2cccc(C(F)(F)F)c2)C(SCC2=NC=CC2)=NC1c1ccc(C#N)cc1. The van der Waals surface area contributed by atoms with Gasteiger partial charge in [-0.1, -0.05) is 36.0 Å². The maximum Gasteiger partial charge on any atom is 0.416 e. The van der Waals surface area contributed by atoms with Gasteiger partial charge in [-0.2, -0.15) is 18.4 Å². The molecule has 0 N–H and O–H groups in total. The fraction of sp³-hybridized carbons (Fsp3) is 0.259. The topological polar surface area (TPSA) is 78.0 Å². The Morgan fingerprint density at radius 3 is 2.62 bits per heavy atom. The second kappa shape index (κ2) is 11.0. The molecule has 0 amide bonds. The second-order valence-electron chi connectivity index (χ2n) is 8.22. The van der Waals surface area contributed by atoms with Gasteiger partial charge in [0, 0.05) is 35.5 Å². The predicted octanol–water partition coefficient (Wildman–Crippen LogP) is 6.42. The van der Waals surface area contributed by atoms with Gasteiger partial charge in [-0.3, -0.25) is 9.89 Å². The monoisotopic (exact) mass is 524 g/mol. The highest BCUT2D eigenvalue weighted by atomic mass is 32.2. The molecule has 2 heterocycles. The summed E-state index contributed by atoms with van der Waals surface area (Å²) in [6.07, 6.45) is -0.210. The number of ether oxygens (including phenoxy) is 1. The minimum Gasteiger partial charge on any atom is -0.463 e. The van der Waals surface area contributed by atoms with Crippen LogP contribution in [-0.4, -0.2) is 29.2 Å². The number of nitriles is 1. The number of thioether (sulfide) groups is 1. The molecule has 37 heavy (non-hydrogen) atoms. The first-order valence-corrected chi connectivity index (χ1v) is 12.5. The summed E-state index contributed by atoms with van der Waals surface area (Å²) in [6, 6.07) is 12.9. The lowest BCUT2D eigenvalue weighted by atomic mass is 9.95. The molecule has 2 aromatic rings. The number of rotatable bonds is 6. The fourth-order valence-corrected chi connectivity index (χ4v) is 5.05. The molecule has 4 rings (SSSR count). The van der Waals surface area contributed by atoms with E-state index in [1.54, 1.807) is 55.3 Å². The van der Waals surface area contributed by atoms with Gasteiger partial charge in [0.05, 0.1) is 29.4 Å². The largest absolute Gasteiger partial charge is 0.463 e. The van der Waals surface area contributed by atoms with E-state index in [0.717, 1.165) is 17.8 Å². The third-order valence-corrected chi connectivity index (χ3v) is 6.82. The third kappa shape index (κ3) is 5.78. The molecule has 0 aliphatic carbocycles. The van der Waals surface area contributed by atoms with Gasteiger partial charge in [-0.25, -0.2) is 9.79 Å². The minimum absolute atomic E-state index is 0.122. The number of esters is 1. The van der Waals surface area contributed by atoms with Crippen molar-refractivity contribution in [3.63, 3.8) is 0 Å². The van der Waals surface area contributed by atoms with Crippen LogP contribution in [0.1, 0.15) is 43.0 Å². The molecule has 10 heteroatoms. The van der Waals surface area contributed by atoms with Crippen LogP contribution in [0.15, 0.2) is 82.1 Å². The molecule has 2 aliphatic heterocycles. The molecule has 6 nitrogen and oxygen atoms in total. The standard InChI is InChI=1S/C27H23F3N4O2S/c1-3-36-25(35)23-17(2)34(22-8-4-6-20(14-22)27(28,29)30)26(37-16-21-7-5-13-32-21)33-24(23)19-11-9-18(15-31)10-12-19/h4-6,8-14,24H,3,7,16H2,1-2H3. The number of amidine groups is 1. The van der Waals surface area contributed by atoms with Crippen molar-refractivity contribution in [2.45, 2.75) is 32.5 Å². The Morgan fingerprint density at radius 1 is 1.24 bits per heavy atom. The van der Waals surface area contributed by atoms with Gasteiger partial charge < -0.3 is 4.74 Å². The molecule has 190 valence electrons. The second-order valence-corrected chi connectivity index (χ2v) is 9.17. The van der Waals surface area contributed by atoms with Gasteiger partial charge in [0.25, 0.3) is 0 Å². The lowest BCUT2D eigenvalue weighted by Gasteiger charge is -2.35. The van der Waals surface area contributed by atoms with E-state index in [4.69, 9.17) is 9.73 Å². The number of carbonyl (C=O) groups excluding carboxylic acids is 1. The summed E-state index contributed by atoms with van der Waals surface area (Å²) < 4.78 is 46.0. The van der Waals surface area contributed by atoms with Crippen molar-refractivity contribution < 1.29 is 22.7 Å². The molecule has 2 aromatic carbocycles. The Bertz CT molecular complexity index is 1350. The molecule has 2 aliphatic rings. The van der Waals surface area contributed by atoms with Gasteiger partial charge in [0.15, 0.2) is 5.17 Å². The van der Waals surface area contributed by atoms with E-state index >= 15 is 0 Å². The van der Waals surface area contributed by atoms with Crippen LogP contribution in [0.4, 0.5) is 18.9 Å². The van der Waals surface area contributed by atoms with Crippen LogP contribution < -0.4 is 4.90 Å². The van der Waals surface area contributed by atoms with Crippen molar-refractivity contribution >= 4 is 34.3 Å². The zero-order chi connectivity index (χ0) is 26.6. The zero-order valence-corrected chi connectivity index (χ0v) is 20.9. The normalized spacial score (nSPS) is 17.4. The first kappa shape index (κ1) is 26.2. The van der Waals surface area contributed by atoms with Crippen molar-refractivity contribution in [1.82, 2.24) is 0 Å². The van der Waals surface area contributed by atoms with Crippen LogP contribution in [0.3, 0.4) is 0 Å². The van der Waals surface area contributed by atoms with Gasteiger partial charge in [0.2, 0.25) is 0 Å². The van der Waals surface area contributed by atoms with Crippen LogP contribution in [0.2, 0.25) is 0 Å². The molecular weight excluding hydrogens is 501 g/mol.